The fourth-order valence-corrected chi connectivity index (χ4v) is 3.73. The zero-order chi connectivity index (χ0) is 23.1. The second kappa shape index (κ2) is 10.6. The van der Waals surface area contributed by atoms with Crippen LogP contribution in [-0.2, 0) is 15.0 Å². The first-order chi connectivity index (χ1) is 15.3. The molecule has 3 aromatic rings. The van der Waals surface area contributed by atoms with Gasteiger partial charge in [0.15, 0.2) is 0 Å². The van der Waals surface area contributed by atoms with Crippen LogP contribution in [0, 0.1) is 6.92 Å². The van der Waals surface area contributed by atoms with Gasteiger partial charge in [-0.1, -0.05) is 83.9 Å². The summed E-state index contributed by atoms with van der Waals surface area (Å²) >= 11 is 5.90. The number of benzene rings is 3. The highest BCUT2D eigenvalue weighted by Gasteiger charge is 2.20. The SMILES string of the molecule is CON1c2ccccc2C=CC1C=Cc1ccc(Cl)cc1.Cc1ccc(S(=O)(=O)O)cc1. The summed E-state index contributed by atoms with van der Waals surface area (Å²) in [4.78, 5) is 5.48. The first-order valence-electron chi connectivity index (χ1n) is 9.86. The van der Waals surface area contributed by atoms with E-state index in [1.54, 1.807) is 19.2 Å². The Hall–Kier alpha value is -2.90. The van der Waals surface area contributed by atoms with E-state index in [1.165, 1.54) is 12.1 Å². The molecule has 0 saturated carbocycles. The third kappa shape index (κ3) is 6.31. The standard InChI is InChI=1S/C18H16ClNO.C7H8O3S/c1-21-20-17(12-8-14-6-10-16(19)11-7-14)13-9-15-4-2-3-5-18(15)20;1-6-2-4-7(5-3-6)11(8,9)10/h2-13,17H,1H3;2-5H,1H3,(H,8,9,10). The molecule has 0 aromatic heterocycles. The average Bonchev–Trinajstić information content (AvgIpc) is 2.78. The highest BCUT2D eigenvalue weighted by Crippen LogP contribution is 2.29. The topological polar surface area (TPSA) is 66.8 Å². The van der Waals surface area contributed by atoms with Gasteiger partial charge in [-0.25, -0.2) is 5.06 Å². The van der Waals surface area contributed by atoms with Crippen molar-refractivity contribution in [2.24, 2.45) is 0 Å². The Morgan fingerprint density at radius 2 is 1.66 bits per heavy atom. The number of hydrogen-bond acceptors (Lipinski definition) is 4. The van der Waals surface area contributed by atoms with Crippen molar-refractivity contribution in [2.45, 2.75) is 17.9 Å². The van der Waals surface area contributed by atoms with Gasteiger partial charge in [0.1, 0.15) is 0 Å². The van der Waals surface area contributed by atoms with Crippen molar-refractivity contribution in [3.8, 4) is 0 Å². The number of fused-ring (bicyclic) bond motifs is 1. The van der Waals surface area contributed by atoms with Crippen LogP contribution in [0.5, 0.6) is 0 Å². The number of rotatable bonds is 4. The number of nitrogens with zero attached hydrogens (tertiary/aromatic N) is 1. The molecule has 0 radical (unpaired) electrons. The second-order valence-corrected chi connectivity index (χ2v) is 8.97. The van der Waals surface area contributed by atoms with Crippen LogP contribution in [0.2, 0.25) is 5.02 Å². The van der Waals surface area contributed by atoms with E-state index in [2.05, 4.69) is 36.4 Å². The molecule has 1 aliphatic rings. The Kier molecular flexibility index (Phi) is 7.88. The summed E-state index contributed by atoms with van der Waals surface area (Å²) in [6, 6.07) is 22.0. The molecule has 1 atom stereocenters. The van der Waals surface area contributed by atoms with E-state index in [9.17, 15) is 8.42 Å². The molecule has 166 valence electrons. The summed E-state index contributed by atoms with van der Waals surface area (Å²) in [5, 5.41) is 2.65. The van der Waals surface area contributed by atoms with E-state index in [-0.39, 0.29) is 10.9 Å². The van der Waals surface area contributed by atoms with Crippen LogP contribution in [0.1, 0.15) is 16.7 Å². The highest BCUT2D eigenvalue weighted by atomic mass is 35.5. The van der Waals surface area contributed by atoms with Crippen LogP contribution in [0.25, 0.3) is 12.2 Å². The maximum atomic E-state index is 10.5. The van der Waals surface area contributed by atoms with E-state index < -0.39 is 10.1 Å². The van der Waals surface area contributed by atoms with Crippen LogP contribution >= 0.6 is 11.6 Å². The molecular formula is C25H24ClNO4S. The molecular weight excluding hydrogens is 446 g/mol. The predicted octanol–water partition coefficient (Wildman–Crippen LogP) is 6.06. The summed E-state index contributed by atoms with van der Waals surface area (Å²) in [7, 11) is -2.33. The monoisotopic (exact) mass is 469 g/mol. The number of hydrogen-bond donors (Lipinski definition) is 1. The highest BCUT2D eigenvalue weighted by molar-refractivity contribution is 7.85. The molecule has 1 N–H and O–H groups in total. The summed E-state index contributed by atoms with van der Waals surface area (Å²) in [5.74, 6) is 0. The van der Waals surface area contributed by atoms with Crippen molar-refractivity contribution < 1.29 is 17.8 Å². The minimum absolute atomic E-state index is 0.0666. The fraction of sp³-hybridized carbons (Fsp3) is 0.120. The van der Waals surface area contributed by atoms with E-state index in [4.69, 9.17) is 21.0 Å². The molecule has 1 aliphatic heterocycles. The third-order valence-corrected chi connectivity index (χ3v) is 5.91. The fourth-order valence-electron chi connectivity index (χ4n) is 3.13. The van der Waals surface area contributed by atoms with Gasteiger partial charge in [-0.3, -0.25) is 9.39 Å². The number of anilines is 1. The van der Waals surface area contributed by atoms with Crippen LogP contribution < -0.4 is 5.06 Å². The van der Waals surface area contributed by atoms with Crippen molar-refractivity contribution in [1.29, 1.82) is 0 Å². The number of para-hydroxylation sites is 1. The van der Waals surface area contributed by atoms with Crippen molar-refractivity contribution in [3.63, 3.8) is 0 Å². The number of aryl methyl sites for hydroxylation is 1. The molecule has 4 rings (SSSR count). The Bertz CT molecular complexity index is 1200. The molecule has 3 aromatic carbocycles. The van der Waals surface area contributed by atoms with Gasteiger partial charge in [-0.2, -0.15) is 8.42 Å². The lowest BCUT2D eigenvalue weighted by Gasteiger charge is -2.31. The maximum absolute atomic E-state index is 10.5. The van der Waals surface area contributed by atoms with E-state index in [1.807, 2.05) is 48.4 Å². The minimum Gasteiger partial charge on any atom is -0.282 e. The predicted molar refractivity (Wildman–Crippen MR) is 130 cm³/mol. The first kappa shape index (κ1) is 23.8. The molecule has 5 nitrogen and oxygen atoms in total. The van der Waals surface area contributed by atoms with Gasteiger partial charge in [-0.05, 0) is 48.4 Å². The summed E-state index contributed by atoms with van der Waals surface area (Å²) < 4.78 is 29.6. The zero-order valence-electron chi connectivity index (χ0n) is 17.7. The van der Waals surface area contributed by atoms with E-state index >= 15 is 0 Å². The van der Waals surface area contributed by atoms with Gasteiger partial charge in [-0.15, -0.1) is 0 Å². The van der Waals surface area contributed by atoms with Crippen molar-refractivity contribution in [3.05, 3.63) is 107 Å². The Balaban J connectivity index is 0.000000222. The molecule has 1 heterocycles. The second-order valence-electron chi connectivity index (χ2n) is 7.12. The van der Waals surface area contributed by atoms with Gasteiger partial charge in [0.25, 0.3) is 10.1 Å². The van der Waals surface area contributed by atoms with Crippen molar-refractivity contribution >= 4 is 39.6 Å². The molecule has 0 amide bonds. The third-order valence-electron chi connectivity index (χ3n) is 4.79. The molecule has 0 fully saturated rings. The summed E-state index contributed by atoms with van der Waals surface area (Å²) in [5.41, 5.74) is 4.31. The molecule has 0 bridgehead atoms. The summed E-state index contributed by atoms with van der Waals surface area (Å²) in [6.07, 6.45) is 8.43. The quantitative estimate of drug-likeness (QED) is 0.470. The van der Waals surface area contributed by atoms with Crippen molar-refractivity contribution in [1.82, 2.24) is 0 Å². The average molecular weight is 470 g/mol. The van der Waals surface area contributed by atoms with E-state index in [0.29, 0.717) is 0 Å². The lowest BCUT2D eigenvalue weighted by molar-refractivity contribution is 0.160. The lowest BCUT2D eigenvalue weighted by atomic mass is 10.0. The molecule has 0 spiro atoms. The first-order valence-corrected chi connectivity index (χ1v) is 11.7. The molecule has 32 heavy (non-hydrogen) atoms. The number of halogens is 1. The summed E-state index contributed by atoms with van der Waals surface area (Å²) in [6.45, 7) is 1.84. The van der Waals surface area contributed by atoms with E-state index in [0.717, 1.165) is 27.4 Å². The molecule has 0 aliphatic carbocycles. The van der Waals surface area contributed by atoms with Crippen LogP contribution in [0.4, 0.5) is 5.69 Å². The van der Waals surface area contributed by atoms with Gasteiger partial charge in [0.05, 0.1) is 23.7 Å². The van der Waals surface area contributed by atoms with Gasteiger partial charge in [0.2, 0.25) is 0 Å². The molecule has 0 saturated heterocycles. The molecule has 7 heteroatoms. The van der Waals surface area contributed by atoms with Crippen LogP contribution in [0.15, 0.2) is 89.8 Å². The Morgan fingerprint density at radius 1 is 1.00 bits per heavy atom. The zero-order valence-corrected chi connectivity index (χ0v) is 19.3. The largest absolute Gasteiger partial charge is 0.294 e. The lowest BCUT2D eigenvalue weighted by Crippen LogP contribution is -2.33. The number of hydroxylamine groups is 1. The Morgan fingerprint density at radius 3 is 2.28 bits per heavy atom. The van der Waals surface area contributed by atoms with Gasteiger partial charge >= 0.3 is 0 Å². The minimum atomic E-state index is -4.02. The molecule has 1 unspecified atom stereocenters. The van der Waals surface area contributed by atoms with Gasteiger partial charge < -0.3 is 0 Å². The van der Waals surface area contributed by atoms with Crippen molar-refractivity contribution in [2.75, 3.05) is 12.2 Å². The maximum Gasteiger partial charge on any atom is 0.294 e. The van der Waals surface area contributed by atoms with Crippen LogP contribution in [-0.4, -0.2) is 26.1 Å². The Labute approximate surface area is 193 Å². The normalized spacial score (nSPS) is 15.2. The van der Waals surface area contributed by atoms with Gasteiger partial charge in [0, 0.05) is 5.02 Å². The smallest absolute Gasteiger partial charge is 0.282 e. The van der Waals surface area contributed by atoms with Crippen LogP contribution in [0.3, 0.4) is 0 Å².